The first-order valence-corrected chi connectivity index (χ1v) is 9.37. The average molecular weight is 394 g/mol. The molecule has 146 valence electrons. The number of ether oxygens (including phenoxy) is 1. The Hall–Kier alpha value is -4.30. The second-order valence-electron chi connectivity index (χ2n) is 6.76. The van der Waals surface area contributed by atoms with Gasteiger partial charge < -0.3 is 14.4 Å². The number of hydrogen-bond acceptors (Lipinski definition) is 3. The van der Waals surface area contributed by atoms with Gasteiger partial charge in [0.1, 0.15) is 18.4 Å². The molecule has 0 aliphatic rings. The maximum atomic E-state index is 11.1. The third kappa shape index (κ3) is 4.08. The summed E-state index contributed by atoms with van der Waals surface area (Å²) in [6.45, 7) is 0.465. The van der Waals surface area contributed by atoms with Gasteiger partial charge >= 0.3 is 5.97 Å². The summed E-state index contributed by atoms with van der Waals surface area (Å²) in [6.07, 6.45) is 3.60. The number of carbonyl (C=O) groups is 1. The Labute approximate surface area is 174 Å². The fraction of sp³-hybridized carbons (Fsp3) is 0.0400. The molecule has 30 heavy (non-hydrogen) atoms. The zero-order chi connectivity index (χ0) is 20.9. The molecule has 0 aliphatic carbocycles. The monoisotopic (exact) mass is 394 g/mol. The smallest absolute Gasteiger partial charge is 0.335 e. The van der Waals surface area contributed by atoms with E-state index in [0.717, 1.165) is 28.1 Å². The second kappa shape index (κ2) is 8.38. The molecule has 1 aromatic heterocycles. The minimum Gasteiger partial charge on any atom is -0.489 e. The SMILES string of the molecule is N#Cc1cn(-c2ccc(C(=O)O)cc2)cc1-c1cccc(OCc2ccccc2)c1. The van der Waals surface area contributed by atoms with Crippen LogP contribution in [-0.4, -0.2) is 15.6 Å². The van der Waals surface area contributed by atoms with Crippen molar-refractivity contribution in [3.05, 3.63) is 108 Å². The van der Waals surface area contributed by atoms with E-state index in [1.54, 1.807) is 30.5 Å². The number of rotatable bonds is 6. The van der Waals surface area contributed by atoms with E-state index in [4.69, 9.17) is 9.84 Å². The highest BCUT2D eigenvalue weighted by Gasteiger charge is 2.11. The van der Waals surface area contributed by atoms with Gasteiger partial charge in [0, 0.05) is 23.6 Å². The fourth-order valence-electron chi connectivity index (χ4n) is 3.19. The van der Waals surface area contributed by atoms with Gasteiger partial charge in [-0.25, -0.2) is 4.79 Å². The van der Waals surface area contributed by atoms with E-state index in [-0.39, 0.29) is 5.56 Å². The summed E-state index contributed by atoms with van der Waals surface area (Å²) in [4.78, 5) is 11.1. The van der Waals surface area contributed by atoms with Crippen LogP contribution in [0.1, 0.15) is 21.5 Å². The van der Waals surface area contributed by atoms with Crippen molar-refractivity contribution >= 4 is 5.97 Å². The molecule has 4 rings (SSSR count). The van der Waals surface area contributed by atoms with Gasteiger partial charge in [-0.15, -0.1) is 0 Å². The molecular weight excluding hydrogens is 376 g/mol. The van der Waals surface area contributed by atoms with Crippen LogP contribution >= 0.6 is 0 Å². The highest BCUT2D eigenvalue weighted by molar-refractivity contribution is 5.87. The van der Waals surface area contributed by atoms with Crippen LogP contribution in [0, 0.1) is 11.3 Å². The summed E-state index contributed by atoms with van der Waals surface area (Å²) in [5, 5.41) is 18.7. The molecule has 1 heterocycles. The van der Waals surface area contributed by atoms with Crippen molar-refractivity contribution < 1.29 is 14.6 Å². The van der Waals surface area contributed by atoms with E-state index in [2.05, 4.69) is 6.07 Å². The zero-order valence-corrected chi connectivity index (χ0v) is 16.0. The lowest BCUT2D eigenvalue weighted by Gasteiger charge is -2.08. The van der Waals surface area contributed by atoms with Crippen LogP contribution in [0.25, 0.3) is 16.8 Å². The van der Waals surface area contributed by atoms with Crippen molar-refractivity contribution in [1.82, 2.24) is 4.57 Å². The molecule has 5 heteroatoms. The minimum absolute atomic E-state index is 0.218. The van der Waals surface area contributed by atoms with Gasteiger partial charge in [0.05, 0.1) is 11.1 Å². The maximum Gasteiger partial charge on any atom is 0.335 e. The predicted octanol–water partition coefficient (Wildman–Crippen LogP) is 5.29. The molecule has 0 saturated carbocycles. The lowest BCUT2D eigenvalue weighted by atomic mass is 10.1. The van der Waals surface area contributed by atoms with Gasteiger partial charge in [0.2, 0.25) is 0 Å². The molecule has 4 aromatic rings. The van der Waals surface area contributed by atoms with Crippen LogP contribution in [-0.2, 0) is 6.61 Å². The van der Waals surface area contributed by atoms with Crippen LogP contribution in [0.3, 0.4) is 0 Å². The Bertz CT molecular complexity index is 1220. The Kier molecular flexibility index (Phi) is 5.31. The standard InChI is InChI=1S/C25H18N2O3/c26-14-21-15-27(22-11-9-19(10-12-22)25(28)29)16-24(21)20-7-4-8-23(13-20)30-17-18-5-2-1-3-6-18/h1-13,15-16H,17H2,(H,28,29). The molecule has 1 N–H and O–H groups in total. The van der Waals surface area contributed by atoms with Crippen LogP contribution in [0.4, 0.5) is 0 Å². The Morgan fingerprint density at radius 1 is 0.967 bits per heavy atom. The van der Waals surface area contributed by atoms with Crippen molar-refractivity contribution in [2.45, 2.75) is 6.61 Å². The topological polar surface area (TPSA) is 75.2 Å². The number of carboxylic acids is 1. The van der Waals surface area contributed by atoms with Gasteiger partial charge in [-0.2, -0.15) is 5.26 Å². The number of hydrogen-bond donors (Lipinski definition) is 1. The van der Waals surface area contributed by atoms with E-state index in [0.29, 0.717) is 12.2 Å². The largest absolute Gasteiger partial charge is 0.489 e. The van der Waals surface area contributed by atoms with Gasteiger partial charge in [0.15, 0.2) is 0 Å². The number of carboxylic acid groups (broad SMARTS) is 1. The molecule has 0 saturated heterocycles. The van der Waals surface area contributed by atoms with Crippen LogP contribution < -0.4 is 4.74 Å². The van der Waals surface area contributed by atoms with E-state index in [1.807, 2.05) is 65.4 Å². The third-order valence-electron chi connectivity index (χ3n) is 4.75. The summed E-state index contributed by atoms with van der Waals surface area (Å²) < 4.78 is 7.73. The van der Waals surface area contributed by atoms with Crippen LogP contribution in [0.2, 0.25) is 0 Å². The van der Waals surface area contributed by atoms with Crippen molar-refractivity contribution in [1.29, 1.82) is 5.26 Å². The van der Waals surface area contributed by atoms with Crippen molar-refractivity contribution in [3.8, 4) is 28.6 Å². The van der Waals surface area contributed by atoms with E-state index in [1.165, 1.54) is 0 Å². The Morgan fingerprint density at radius 3 is 2.43 bits per heavy atom. The third-order valence-corrected chi connectivity index (χ3v) is 4.75. The van der Waals surface area contributed by atoms with Crippen LogP contribution in [0.15, 0.2) is 91.3 Å². The first-order valence-electron chi connectivity index (χ1n) is 9.37. The maximum absolute atomic E-state index is 11.1. The van der Waals surface area contributed by atoms with Crippen molar-refractivity contribution in [3.63, 3.8) is 0 Å². The Morgan fingerprint density at radius 2 is 1.73 bits per heavy atom. The normalized spacial score (nSPS) is 10.4. The summed E-state index contributed by atoms with van der Waals surface area (Å²) in [5.41, 5.74) is 4.26. The molecule has 0 atom stereocenters. The average Bonchev–Trinajstić information content (AvgIpc) is 3.23. The molecule has 0 radical (unpaired) electrons. The number of aromatic nitrogens is 1. The molecule has 0 amide bonds. The lowest BCUT2D eigenvalue weighted by Crippen LogP contribution is -1.97. The molecule has 5 nitrogen and oxygen atoms in total. The number of aromatic carboxylic acids is 1. The Balaban J connectivity index is 1.61. The molecule has 0 aliphatic heterocycles. The first-order chi connectivity index (χ1) is 14.6. The highest BCUT2D eigenvalue weighted by atomic mass is 16.5. The zero-order valence-electron chi connectivity index (χ0n) is 16.0. The van der Waals surface area contributed by atoms with E-state index in [9.17, 15) is 10.1 Å². The quantitative estimate of drug-likeness (QED) is 0.482. The number of benzene rings is 3. The lowest BCUT2D eigenvalue weighted by molar-refractivity contribution is 0.0697. The van der Waals surface area contributed by atoms with Crippen LogP contribution in [0.5, 0.6) is 5.75 Å². The van der Waals surface area contributed by atoms with Crippen molar-refractivity contribution in [2.24, 2.45) is 0 Å². The molecular formula is C25H18N2O3. The first kappa shape index (κ1) is 19.0. The van der Waals surface area contributed by atoms with Gasteiger partial charge in [-0.3, -0.25) is 0 Å². The van der Waals surface area contributed by atoms with E-state index >= 15 is 0 Å². The fourth-order valence-corrected chi connectivity index (χ4v) is 3.19. The molecule has 3 aromatic carbocycles. The van der Waals surface area contributed by atoms with Gasteiger partial charge in [-0.1, -0.05) is 42.5 Å². The molecule has 0 spiro atoms. The van der Waals surface area contributed by atoms with Gasteiger partial charge in [0.25, 0.3) is 0 Å². The van der Waals surface area contributed by atoms with Crippen molar-refractivity contribution in [2.75, 3.05) is 0 Å². The number of nitriles is 1. The second-order valence-corrected chi connectivity index (χ2v) is 6.76. The summed E-state index contributed by atoms with van der Waals surface area (Å²) in [7, 11) is 0. The number of nitrogens with zero attached hydrogens (tertiary/aromatic N) is 2. The predicted molar refractivity (Wildman–Crippen MR) is 114 cm³/mol. The summed E-state index contributed by atoms with van der Waals surface area (Å²) >= 11 is 0. The van der Waals surface area contributed by atoms with Gasteiger partial charge in [-0.05, 0) is 47.5 Å². The minimum atomic E-state index is -0.972. The molecule has 0 bridgehead atoms. The molecule has 0 unspecified atom stereocenters. The summed E-state index contributed by atoms with van der Waals surface area (Å²) in [5.74, 6) is -0.251. The van der Waals surface area contributed by atoms with E-state index < -0.39 is 5.97 Å². The highest BCUT2D eigenvalue weighted by Crippen LogP contribution is 2.29. The summed E-state index contributed by atoms with van der Waals surface area (Å²) in [6, 6.07) is 26.3. The molecule has 0 fully saturated rings.